The third-order valence-corrected chi connectivity index (χ3v) is 6.59. The molecule has 3 aliphatic carbocycles. The third-order valence-electron chi connectivity index (χ3n) is 6.59. The molecule has 0 radical (unpaired) electrons. The largest absolute Gasteiger partial charge is 0.502 e. The fourth-order valence-electron chi connectivity index (χ4n) is 4.30. The van der Waals surface area contributed by atoms with Gasteiger partial charge in [-0.05, 0) is 102 Å². The first kappa shape index (κ1) is 33.5. The first-order valence-electron chi connectivity index (χ1n) is 15.7. The Morgan fingerprint density at radius 3 is 0.925 bits per heavy atom. The Morgan fingerprint density at radius 1 is 0.350 bits per heavy atom. The number of hydrogen-bond acceptors (Lipinski definition) is 5. The first-order chi connectivity index (χ1) is 19.9. The van der Waals surface area contributed by atoms with E-state index in [9.17, 15) is 0 Å². The molecule has 0 N–H and O–H groups in total. The number of fused-ring (bicyclic) bond motifs is 2. The SMILES string of the molecule is C1=CC2CCC1O2.C1=CCCC1.C1=CCCC1.C1=CCCCC1.C1=COCC1.C1=COCCC1.C1=COCCO1. The van der Waals surface area contributed by atoms with Crippen molar-refractivity contribution in [3.8, 4) is 0 Å². The topological polar surface area (TPSA) is 46.2 Å². The fraction of sp³-hybridized carbons (Fsp3) is 0.600. The standard InChI is InChI=1S/C6H8O.C6H10.C5H8O.2C5H8.C4H6O2.C4H6O/c1-2-6-4-3-5(1)7-6;2*1-2-4-6-5-3-1;2*1-2-4-5-3-1;1-2-6-4-3-5-1;1-2-4-5-3-1/h1-2,5-6H,3-4H2;1-2H,3-6H2;2,4H,1,3,5H2;2*1-2H,3-5H2;1-2H,3-4H2;1,3H,2,4H2. The van der Waals surface area contributed by atoms with Crippen LogP contribution in [-0.4, -0.2) is 38.6 Å². The van der Waals surface area contributed by atoms with E-state index in [1.165, 1.54) is 89.9 Å². The van der Waals surface area contributed by atoms with E-state index in [0.717, 1.165) is 19.6 Å². The average Bonchev–Trinajstić information content (AvgIpc) is 3.91. The van der Waals surface area contributed by atoms with Gasteiger partial charge in [0.05, 0.1) is 37.9 Å². The van der Waals surface area contributed by atoms with Crippen LogP contribution in [0.4, 0.5) is 0 Å². The molecule has 1 saturated heterocycles. The molecule has 0 aromatic heterocycles. The van der Waals surface area contributed by atoms with Gasteiger partial charge in [0.15, 0.2) is 0 Å². The zero-order valence-corrected chi connectivity index (χ0v) is 24.7. The van der Waals surface area contributed by atoms with Crippen molar-refractivity contribution in [1.82, 2.24) is 0 Å². The Labute approximate surface area is 244 Å². The molecule has 2 atom stereocenters. The van der Waals surface area contributed by atoms with Gasteiger partial charge in [-0.1, -0.05) is 48.6 Å². The number of rotatable bonds is 0. The lowest BCUT2D eigenvalue weighted by atomic mass is 10.1. The van der Waals surface area contributed by atoms with E-state index in [0.29, 0.717) is 25.4 Å². The average molecular weight is 555 g/mol. The number of ether oxygens (including phenoxy) is 5. The van der Waals surface area contributed by atoms with Crippen molar-refractivity contribution in [2.45, 2.75) is 109 Å². The van der Waals surface area contributed by atoms with Gasteiger partial charge in [0, 0.05) is 6.42 Å². The fourth-order valence-corrected chi connectivity index (χ4v) is 4.30. The quantitative estimate of drug-likeness (QED) is 0.279. The minimum atomic E-state index is 0.491. The van der Waals surface area contributed by atoms with Gasteiger partial charge in [0.1, 0.15) is 25.7 Å². The summed E-state index contributed by atoms with van der Waals surface area (Å²) in [6, 6.07) is 0. The number of hydrogen-bond donors (Lipinski definition) is 0. The molecule has 8 aliphatic rings. The molecule has 5 heteroatoms. The molecular weight excluding hydrogens is 500 g/mol. The Balaban J connectivity index is 0.000000164. The van der Waals surface area contributed by atoms with Crippen LogP contribution in [0.25, 0.3) is 0 Å². The molecule has 5 heterocycles. The van der Waals surface area contributed by atoms with Gasteiger partial charge in [-0.3, -0.25) is 0 Å². The second kappa shape index (κ2) is 26.6. The Bertz CT molecular complexity index is 642. The van der Waals surface area contributed by atoms with Crippen LogP contribution in [0.3, 0.4) is 0 Å². The first-order valence-corrected chi connectivity index (χ1v) is 15.7. The second-order valence-electron chi connectivity index (χ2n) is 10.2. The van der Waals surface area contributed by atoms with Gasteiger partial charge in [-0.15, -0.1) is 0 Å². The maximum atomic E-state index is 5.36. The number of allylic oxidation sites excluding steroid dienone is 7. The highest BCUT2D eigenvalue weighted by Gasteiger charge is 2.26. The van der Waals surface area contributed by atoms with Crippen molar-refractivity contribution < 1.29 is 23.7 Å². The second-order valence-corrected chi connectivity index (χ2v) is 10.2. The minimum Gasteiger partial charge on any atom is -0.502 e. The van der Waals surface area contributed by atoms with Crippen LogP contribution in [0.2, 0.25) is 0 Å². The lowest BCUT2D eigenvalue weighted by Gasteiger charge is -2.04. The summed E-state index contributed by atoms with van der Waals surface area (Å²) in [6.45, 7) is 3.18. The lowest BCUT2D eigenvalue weighted by molar-refractivity contribution is 0.108. The molecule has 0 spiro atoms. The molecule has 40 heavy (non-hydrogen) atoms. The van der Waals surface area contributed by atoms with Crippen LogP contribution < -0.4 is 0 Å². The van der Waals surface area contributed by atoms with E-state index in [1.54, 1.807) is 25.0 Å². The van der Waals surface area contributed by atoms with Crippen LogP contribution in [0.5, 0.6) is 0 Å². The van der Waals surface area contributed by atoms with E-state index >= 15 is 0 Å². The van der Waals surface area contributed by atoms with Gasteiger partial charge in [-0.2, -0.15) is 0 Å². The molecule has 0 aromatic rings. The van der Waals surface area contributed by atoms with Crippen molar-refractivity contribution in [1.29, 1.82) is 0 Å². The van der Waals surface area contributed by atoms with Gasteiger partial charge < -0.3 is 23.7 Å². The molecular formula is C35H54O5. The van der Waals surface area contributed by atoms with Crippen LogP contribution >= 0.6 is 0 Å². The predicted molar refractivity (Wildman–Crippen MR) is 166 cm³/mol. The molecule has 2 unspecified atom stereocenters. The molecule has 2 bridgehead atoms. The zero-order valence-electron chi connectivity index (χ0n) is 24.7. The van der Waals surface area contributed by atoms with E-state index in [1.807, 2.05) is 12.2 Å². The van der Waals surface area contributed by atoms with Crippen molar-refractivity contribution in [2.75, 3.05) is 26.4 Å². The van der Waals surface area contributed by atoms with Crippen LogP contribution in [0.1, 0.15) is 96.3 Å². The highest BCUT2D eigenvalue weighted by Crippen LogP contribution is 2.27. The van der Waals surface area contributed by atoms with Crippen molar-refractivity contribution in [3.63, 3.8) is 0 Å². The van der Waals surface area contributed by atoms with Gasteiger partial charge in [0.2, 0.25) is 0 Å². The molecule has 0 aromatic carbocycles. The summed E-state index contributed by atoms with van der Waals surface area (Å²) in [5, 5.41) is 0. The van der Waals surface area contributed by atoms with Crippen LogP contribution in [-0.2, 0) is 23.7 Å². The summed E-state index contributed by atoms with van der Waals surface area (Å²) >= 11 is 0. The summed E-state index contributed by atoms with van der Waals surface area (Å²) in [5.74, 6) is 0. The highest BCUT2D eigenvalue weighted by molar-refractivity contribution is 5.07. The summed E-state index contributed by atoms with van der Waals surface area (Å²) in [4.78, 5) is 0. The normalized spacial score (nSPS) is 24.6. The van der Waals surface area contributed by atoms with Gasteiger partial charge in [-0.25, -0.2) is 0 Å². The van der Waals surface area contributed by atoms with Gasteiger partial charge >= 0.3 is 0 Å². The van der Waals surface area contributed by atoms with E-state index in [4.69, 9.17) is 23.7 Å². The lowest BCUT2D eigenvalue weighted by Crippen LogP contribution is -2.00. The van der Waals surface area contributed by atoms with E-state index < -0.39 is 0 Å². The van der Waals surface area contributed by atoms with Crippen molar-refractivity contribution >= 4 is 0 Å². The van der Waals surface area contributed by atoms with Gasteiger partial charge in [0.25, 0.3) is 0 Å². The van der Waals surface area contributed by atoms with E-state index in [-0.39, 0.29) is 0 Å². The Hall–Kier alpha value is -2.66. The Morgan fingerprint density at radius 2 is 0.775 bits per heavy atom. The minimum absolute atomic E-state index is 0.491. The Kier molecular flexibility index (Phi) is 22.3. The van der Waals surface area contributed by atoms with Crippen LogP contribution in [0, 0.1) is 0 Å². The summed E-state index contributed by atoms with van der Waals surface area (Å²) in [6.07, 6.45) is 48.9. The zero-order chi connectivity index (χ0) is 28.0. The molecule has 0 amide bonds. The van der Waals surface area contributed by atoms with Crippen molar-refractivity contribution in [3.05, 3.63) is 85.8 Å². The maximum absolute atomic E-state index is 5.36. The molecule has 0 saturated carbocycles. The van der Waals surface area contributed by atoms with Crippen molar-refractivity contribution in [2.24, 2.45) is 0 Å². The smallest absolute Gasteiger partial charge is 0.121 e. The maximum Gasteiger partial charge on any atom is 0.121 e. The monoisotopic (exact) mass is 554 g/mol. The predicted octanol–water partition coefficient (Wildman–Crippen LogP) is 9.41. The molecule has 1 fully saturated rings. The molecule has 8 rings (SSSR count). The molecule has 5 nitrogen and oxygen atoms in total. The molecule has 224 valence electrons. The third kappa shape index (κ3) is 21.2. The highest BCUT2D eigenvalue weighted by atomic mass is 16.5. The van der Waals surface area contributed by atoms with Crippen LogP contribution in [0.15, 0.2) is 85.8 Å². The summed E-state index contributed by atoms with van der Waals surface area (Å²) < 4.78 is 24.5. The molecule has 5 aliphatic heterocycles. The van der Waals surface area contributed by atoms with E-state index in [2.05, 4.69) is 48.6 Å². The summed E-state index contributed by atoms with van der Waals surface area (Å²) in [5.41, 5.74) is 0. The summed E-state index contributed by atoms with van der Waals surface area (Å²) in [7, 11) is 0.